The third-order valence-electron chi connectivity index (χ3n) is 3.11. The monoisotopic (exact) mass is 186 g/mol. The third kappa shape index (κ3) is 2.05. The molecule has 74 valence electrons. The van der Waals surface area contributed by atoms with E-state index in [4.69, 9.17) is 0 Å². The van der Waals surface area contributed by atoms with Gasteiger partial charge in [-0.05, 0) is 11.8 Å². The van der Waals surface area contributed by atoms with Crippen molar-refractivity contribution in [3.8, 4) is 0 Å². The molecule has 0 aliphatic heterocycles. The highest BCUT2D eigenvalue weighted by Gasteiger charge is 2.10. The second-order valence-electron chi connectivity index (χ2n) is 4.80. The van der Waals surface area contributed by atoms with E-state index in [-0.39, 0.29) is 0 Å². The molecule has 0 heterocycles. The SMILES string of the molecule is Bc1c(C(C)C)ccc(C(C)C)c1B. The minimum absolute atomic E-state index is 0.634. The van der Waals surface area contributed by atoms with Crippen LogP contribution in [0.15, 0.2) is 12.1 Å². The minimum atomic E-state index is 0.634. The number of hydrogen-bond acceptors (Lipinski definition) is 0. The molecule has 0 amide bonds. The van der Waals surface area contributed by atoms with Crippen molar-refractivity contribution in [2.24, 2.45) is 0 Å². The molecule has 0 aliphatic rings. The Morgan fingerprint density at radius 1 is 0.786 bits per heavy atom. The Hall–Kier alpha value is -0.650. The molecule has 0 N–H and O–H groups in total. The van der Waals surface area contributed by atoms with Crippen molar-refractivity contribution in [1.29, 1.82) is 0 Å². The van der Waals surface area contributed by atoms with E-state index in [2.05, 4.69) is 55.5 Å². The lowest BCUT2D eigenvalue weighted by Gasteiger charge is -2.18. The zero-order valence-corrected chi connectivity index (χ0v) is 10.3. The summed E-state index contributed by atoms with van der Waals surface area (Å²) in [6.45, 7) is 9.04. The van der Waals surface area contributed by atoms with E-state index in [1.54, 1.807) is 0 Å². The van der Waals surface area contributed by atoms with Crippen molar-refractivity contribution < 1.29 is 0 Å². The molecule has 0 spiro atoms. The molecule has 0 saturated heterocycles. The first kappa shape index (κ1) is 11.4. The summed E-state index contributed by atoms with van der Waals surface area (Å²) in [7, 11) is 4.49. The van der Waals surface area contributed by atoms with Crippen molar-refractivity contribution in [1.82, 2.24) is 0 Å². The van der Waals surface area contributed by atoms with Gasteiger partial charge in [-0.25, -0.2) is 0 Å². The topological polar surface area (TPSA) is 0 Å². The highest BCUT2D eigenvalue weighted by atomic mass is 14.1. The average molecular weight is 186 g/mol. The smallest absolute Gasteiger partial charge is 0.0915 e. The van der Waals surface area contributed by atoms with E-state index in [1.807, 2.05) is 0 Å². The maximum Gasteiger partial charge on any atom is 0.138 e. The van der Waals surface area contributed by atoms with E-state index >= 15 is 0 Å². The van der Waals surface area contributed by atoms with Gasteiger partial charge in [-0.1, -0.05) is 61.9 Å². The van der Waals surface area contributed by atoms with Gasteiger partial charge in [0.25, 0.3) is 0 Å². The molecule has 0 nitrogen and oxygen atoms in total. The molecule has 0 aliphatic carbocycles. The second kappa shape index (κ2) is 4.25. The largest absolute Gasteiger partial charge is 0.138 e. The molecule has 0 saturated carbocycles. The lowest BCUT2D eigenvalue weighted by molar-refractivity contribution is 0.856. The molecule has 0 fully saturated rings. The van der Waals surface area contributed by atoms with Crippen LogP contribution in [-0.2, 0) is 0 Å². The Kier molecular flexibility index (Phi) is 3.47. The number of rotatable bonds is 2. The quantitative estimate of drug-likeness (QED) is 0.588. The van der Waals surface area contributed by atoms with Crippen LogP contribution in [0.5, 0.6) is 0 Å². The molecular formula is C12H20B2. The summed E-state index contributed by atoms with van der Waals surface area (Å²) in [6.07, 6.45) is 0. The first-order valence-electron chi connectivity index (χ1n) is 5.55. The predicted molar refractivity (Wildman–Crippen MR) is 71.0 cm³/mol. The molecule has 0 bridgehead atoms. The highest BCUT2D eigenvalue weighted by molar-refractivity contribution is 6.49. The van der Waals surface area contributed by atoms with E-state index < -0.39 is 0 Å². The normalized spacial score (nSPS) is 11.3. The molecule has 1 aromatic carbocycles. The van der Waals surface area contributed by atoms with Crippen LogP contribution >= 0.6 is 0 Å². The van der Waals surface area contributed by atoms with Crippen molar-refractivity contribution >= 4 is 26.6 Å². The van der Waals surface area contributed by atoms with Gasteiger partial charge in [-0.2, -0.15) is 0 Å². The summed E-state index contributed by atoms with van der Waals surface area (Å²) in [5.41, 5.74) is 5.94. The van der Waals surface area contributed by atoms with E-state index in [0.717, 1.165) is 0 Å². The first-order chi connectivity index (χ1) is 6.45. The summed E-state index contributed by atoms with van der Waals surface area (Å²) in [5, 5.41) is 0. The summed E-state index contributed by atoms with van der Waals surface area (Å²) < 4.78 is 0. The fraction of sp³-hybridized carbons (Fsp3) is 0.500. The third-order valence-corrected chi connectivity index (χ3v) is 3.11. The first-order valence-corrected chi connectivity index (χ1v) is 5.55. The van der Waals surface area contributed by atoms with Crippen molar-refractivity contribution in [2.75, 3.05) is 0 Å². The van der Waals surface area contributed by atoms with Crippen LogP contribution in [0.1, 0.15) is 50.7 Å². The van der Waals surface area contributed by atoms with Gasteiger partial charge >= 0.3 is 0 Å². The molecule has 14 heavy (non-hydrogen) atoms. The van der Waals surface area contributed by atoms with E-state index in [1.165, 1.54) is 22.1 Å². The Morgan fingerprint density at radius 2 is 1.07 bits per heavy atom. The zero-order chi connectivity index (χ0) is 10.9. The van der Waals surface area contributed by atoms with Crippen molar-refractivity contribution in [2.45, 2.75) is 39.5 Å². The van der Waals surface area contributed by atoms with Crippen LogP contribution < -0.4 is 10.9 Å². The Balaban J connectivity index is 3.26. The Bertz CT molecular complexity index is 294. The van der Waals surface area contributed by atoms with Crippen LogP contribution in [0, 0.1) is 0 Å². The second-order valence-corrected chi connectivity index (χ2v) is 4.80. The Morgan fingerprint density at radius 3 is 1.29 bits per heavy atom. The number of hydrogen-bond donors (Lipinski definition) is 0. The summed E-state index contributed by atoms with van der Waals surface area (Å²) in [4.78, 5) is 0. The minimum Gasteiger partial charge on any atom is -0.0915 e. The molecule has 1 rings (SSSR count). The van der Waals surface area contributed by atoms with Crippen molar-refractivity contribution in [3.63, 3.8) is 0 Å². The molecule has 1 aromatic rings. The highest BCUT2D eigenvalue weighted by Crippen LogP contribution is 2.15. The van der Waals surface area contributed by atoms with Gasteiger partial charge in [0.1, 0.15) is 15.7 Å². The maximum atomic E-state index is 2.29. The molecule has 2 heteroatoms. The van der Waals surface area contributed by atoms with Gasteiger partial charge in [0.2, 0.25) is 0 Å². The summed E-state index contributed by atoms with van der Waals surface area (Å²) in [6, 6.07) is 4.59. The molecular weight excluding hydrogens is 166 g/mol. The number of benzene rings is 1. The van der Waals surface area contributed by atoms with Gasteiger partial charge in [0, 0.05) is 0 Å². The zero-order valence-electron chi connectivity index (χ0n) is 10.3. The standard InChI is InChI=1S/C12H20B2/c1-7(2)9-5-6-10(8(3)4)12(14)11(9)13/h5-8H,13-14H2,1-4H3. The molecule has 0 aromatic heterocycles. The van der Waals surface area contributed by atoms with Crippen LogP contribution in [0.3, 0.4) is 0 Å². The van der Waals surface area contributed by atoms with E-state index in [9.17, 15) is 0 Å². The average Bonchev–Trinajstić information content (AvgIpc) is 2.08. The van der Waals surface area contributed by atoms with Crippen LogP contribution in [-0.4, -0.2) is 15.7 Å². The fourth-order valence-electron chi connectivity index (χ4n) is 2.11. The Labute approximate surface area is 89.9 Å². The van der Waals surface area contributed by atoms with Gasteiger partial charge in [-0.3, -0.25) is 0 Å². The lowest BCUT2D eigenvalue weighted by atomic mass is 9.71. The lowest BCUT2D eigenvalue weighted by Crippen LogP contribution is -2.33. The maximum absolute atomic E-state index is 2.29. The summed E-state index contributed by atoms with van der Waals surface area (Å²) >= 11 is 0. The molecule has 0 unspecified atom stereocenters. The van der Waals surface area contributed by atoms with Gasteiger partial charge < -0.3 is 0 Å². The van der Waals surface area contributed by atoms with Gasteiger partial charge in [-0.15, -0.1) is 0 Å². The molecule has 0 atom stereocenters. The predicted octanol–water partition coefficient (Wildman–Crippen LogP) is 0.450. The van der Waals surface area contributed by atoms with Gasteiger partial charge in [0.15, 0.2) is 0 Å². The van der Waals surface area contributed by atoms with E-state index in [0.29, 0.717) is 11.8 Å². The van der Waals surface area contributed by atoms with Crippen molar-refractivity contribution in [3.05, 3.63) is 23.3 Å². The van der Waals surface area contributed by atoms with Crippen LogP contribution in [0.25, 0.3) is 0 Å². The van der Waals surface area contributed by atoms with Crippen LogP contribution in [0.4, 0.5) is 0 Å². The summed E-state index contributed by atoms with van der Waals surface area (Å²) in [5.74, 6) is 1.27. The van der Waals surface area contributed by atoms with Crippen LogP contribution in [0.2, 0.25) is 0 Å². The van der Waals surface area contributed by atoms with Gasteiger partial charge in [0.05, 0.1) is 0 Å². The fourth-order valence-corrected chi connectivity index (χ4v) is 2.11. The molecule has 0 radical (unpaired) electrons.